The average Bonchev–Trinajstić information content (AvgIpc) is 3.49. The Labute approximate surface area is 191 Å². The number of rotatable bonds is 6. The maximum absolute atomic E-state index is 13.3. The molecule has 1 saturated heterocycles. The Morgan fingerprint density at radius 3 is 2.81 bits per heavy atom. The third-order valence-electron chi connectivity index (χ3n) is 5.55. The van der Waals surface area contributed by atoms with E-state index in [4.69, 9.17) is 20.5 Å². The Balaban J connectivity index is 1.53. The molecular weight excluding hydrogens is 432 g/mol. The highest BCUT2D eigenvalue weighted by atomic mass is 35.5. The van der Waals surface area contributed by atoms with E-state index in [0.29, 0.717) is 23.3 Å². The summed E-state index contributed by atoms with van der Waals surface area (Å²) < 4.78 is 10.8. The van der Waals surface area contributed by atoms with Crippen LogP contribution in [0.5, 0.6) is 0 Å². The van der Waals surface area contributed by atoms with Gasteiger partial charge in [-0.1, -0.05) is 28.9 Å². The molecule has 32 heavy (non-hydrogen) atoms. The predicted molar refractivity (Wildman–Crippen MR) is 118 cm³/mol. The first-order chi connectivity index (χ1) is 15.4. The minimum absolute atomic E-state index is 0.0526. The van der Waals surface area contributed by atoms with Crippen LogP contribution in [0.3, 0.4) is 0 Å². The molecule has 1 aromatic carbocycles. The highest BCUT2D eigenvalue weighted by Crippen LogP contribution is 2.32. The highest BCUT2D eigenvalue weighted by Gasteiger charge is 2.34. The van der Waals surface area contributed by atoms with Gasteiger partial charge in [0, 0.05) is 23.2 Å². The van der Waals surface area contributed by atoms with Crippen molar-refractivity contribution in [3.8, 4) is 11.4 Å². The smallest absolute Gasteiger partial charge is 0.290 e. The maximum Gasteiger partial charge on any atom is 0.290 e. The molecule has 9 heteroatoms. The predicted octanol–water partition coefficient (Wildman–Crippen LogP) is 4.59. The second-order valence-corrected chi connectivity index (χ2v) is 8.51. The average molecular weight is 457 g/mol. The van der Waals surface area contributed by atoms with Crippen LogP contribution in [0.1, 0.15) is 55.6 Å². The molecule has 0 bridgehead atoms. The lowest BCUT2D eigenvalue weighted by Gasteiger charge is -2.35. The number of carbonyl (C=O) groups excluding carboxylic acids is 2. The van der Waals surface area contributed by atoms with Crippen molar-refractivity contribution >= 4 is 23.4 Å². The van der Waals surface area contributed by atoms with Crippen LogP contribution in [0, 0.1) is 0 Å². The van der Waals surface area contributed by atoms with Crippen LogP contribution in [0.15, 0.2) is 51.6 Å². The summed E-state index contributed by atoms with van der Waals surface area (Å²) in [5.74, 6) is 0.558. The third kappa shape index (κ3) is 4.70. The van der Waals surface area contributed by atoms with Crippen LogP contribution in [0.4, 0.5) is 0 Å². The molecular formula is C23H25ClN4O4. The Morgan fingerprint density at radius 1 is 1.25 bits per heavy atom. The molecule has 2 amide bonds. The van der Waals surface area contributed by atoms with Crippen molar-refractivity contribution in [2.24, 2.45) is 0 Å². The summed E-state index contributed by atoms with van der Waals surface area (Å²) in [4.78, 5) is 33.9. The molecule has 1 atom stereocenters. The summed E-state index contributed by atoms with van der Waals surface area (Å²) >= 11 is 6.07. The molecule has 2 aromatic heterocycles. The Morgan fingerprint density at radius 2 is 2.09 bits per heavy atom. The third-order valence-corrected chi connectivity index (χ3v) is 5.79. The zero-order valence-corrected chi connectivity index (χ0v) is 18.8. The topological polar surface area (TPSA) is 92.7 Å². The molecule has 1 aliphatic rings. The number of likely N-dealkylation sites (tertiary alicyclic amines) is 1. The zero-order chi connectivity index (χ0) is 22.7. The highest BCUT2D eigenvalue weighted by molar-refractivity contribution is 6.30. The number of furan rings is 1. The molecule has 168 valence electrons. The number of piperidine rings is 1. The van der Waals surface area contributed by atoms with Crippen LogP contribution < -0.4 is 0 Å². The fourth-order valence-electron chi connectivity index (χ4n) is 3.87. The number of amides is 2. The van der Waals surface area contributed by atoms with Crippen LogP contribution in [-0.2, 0) is 4.79 Å². The van der Waals surface area contributed by atoms with E-state index in [1.165, 1.54) is 11.2 Å². The van der Waals surface area contributed by atoms with Crippen molar-refractivity contribution in [2.45, 2.75) is 45.2 Å². The number of nitrogens with zero attached hydrogens (tertiary/aromatic N) is 4. The second kappa shape index (κ2) is 9.56. The normalized spacial score (nSPS) is 16.4. The first-order valence-corrected chi connectivity index (χ1v) is 11.1. The minimum Gasteiger partial charge on any atom is -0.459 e. The van der Waals surface area contributed by atoms with Gasteiger partial charge >= 0.3 is 0 Å². The molecule has 3 aromatic rings. The van der Waals surface area contributed by atoms with Gasteiger partial charge in [-0.25, -0.2) is 0 Å². The molecule has 1 aliphatic heterocycles. The summed E-state index contributed by atoms with van der Waals surface area (Å²) in [5, 5.41) is 4.67. The van der Waals surface area contributed by atoms with E-state index in [9.17, 15) is 9.59 Å². The lowest BCUT2D eigenvalue weighted by molar-refractivity contribution is -0.136. The number of benzene rings is 1. The lowest BCUT2D eigenvalue weighted by atomic mass is 10.0. The van der Waals surface area contributed by atoms with Gasteiger partial charge in [-0.2, -0.15) is 4.98 Å². The number of hydrogen-bond acceptors (Lipinski definition) is 6. The van der Waals surface area contributed by atoms with Crippen molar-refractivity contribution in [1.29, 1.82) is 0 Å². The SMILES string of the molecule is CC(C)N(CC(=O)N1CCCCC1c1nc(-c2cccc(Cl)c2)no1)C(=O)c1ccco1. The van der Waals surface area contributed by atoms with Crippen molar-refractivity contribution < 1.29 is 18.5 Å². The molecule has 1 fully saturated rings. The van der Waals surface area contributed by atoms with Crippen LogP contribution in [0.25, 0.3) is 11.4 Å². The Bertz CT molecular complexity index is 1080. The van der Waals surface area contributed by atoms with Crippen molar-refractivity contribution in [3.05, 3.63) is 59.3 Å². The summed E-state index contributed by atoms with van der Waals surface area (Å²) in [7, 11) is 0. The number of hydrogen-bond donors (Lipinski definition) is 0. The van der Waals surface area contributed by atoms with E-state index in [1.807, 2.05) is 26.0 Å². The van der Waals surface area contributed by atoms with E-state index in [1.54, 1.807) is 29.2 Å². The fourth-order valence-corrected chi connectivity index (χ4v) is 4.06. The Hall–Kier alpha value is -3.13. The van der Waals surface area contributed by atoms with Crippen molar-refractivity contribution in [3.63, 3.8) is 0 Å². The van der Waals surface area contributed by atoms with Crippen molar-refractivity contribution in [2.75, 3.05) is 13.1 Å². The van der Waals surface area contributed by atoms with E-state index < -0.39 is 0 Å². The van der Waals surface area contributed by atoms with Gasteiger partial charge in [0.1, 0.15) is 12.6 Å². The number of aromatic nitrogens is 2. The molecule has 0 saturated carbocycles. The van der Waals surface area contributed by atoms with Crippen LogP contribution in [-0.4, -0.2) is 50.9 Å². The maximum atomic E-state index is 13.3. The van der Waals surface area contributed by atoms with E-state index in [2.05, 4.69) is 10.1 Å². The standard InChI is InChI=1S/C23H25ClN4O4/c1-15(2)28(23(30)19-10-6-12-31-19)14-20(29)27-11-4-3-9-18(27)22-25-21(26-32-22)16-7-5-8-17(24)13-16/h5-8,10,12-13,15,18H,3-4,9,11,14H2,1-2H3. The van der Waals surface area contributed by atoms with Crippen LogP contribution in [0.2, 0.25) is 5.02 Å². The van der Waals surface area contributed by atoms with Gasteiger partial charge in [0.05, 0.1) is 6.26 Å². The van der Waals surface area contributed by atoms with Gasteiger partial charge < -0.3 is 18.7 Å². The summed E-state index contributed by atoms with van der Waals surface area (Å²) in [6.07, 6.45) is 3.99. The first-order valence-electron chi connectivity index (χ1n) is 10.7. The molecule has 8 nitrogen and oxygen atoms in total. The molecule has 0 aliphatic carbocycles. The largest absolute Gasteiger partial charge is 0.459 e. The monoisotopic (exact) mass is 456 g/mol. The molecule has 0 spiro atoms. The molecule has 0 radical (unpaired) electrons. The van der Waals surface area contributed by atoms with Gasteiger partial charge in [0.25, 0.3) is 5.91 Å². The number of carbonyl (C=O) groups is 2. The van der Waals surface area contributed by atoms with E-state index in [-0.39, 0.29) is 36.2 Å². The number of halogens is 1. The van der Waals surface area contributed by atoms with Gasteiger partial charge in [-0.3, -0.25) is 9.59 Å². The van der Waals surface area contributed by atoms with Gasteiger partial charge in [0.15, 0.2) is 5.76 Å². The summed E-state index contributed by atoms with van der Waals surface area (Å²) in [6, 6.07) is 9.97. The van der Waals surface area contributed by atoms with E-state index in [0.717, 1.165) is 24.8 Å². The first kappa shape index (κ1) is 22.1. The molecule has 4 rings (SSSR count). The quantitative estimate of drug-likeness (QED) is 0.538. The summed E-state index contributed by atoms with van der Waals surface area (Å²) in [6.45, 7) is 4.26. The van der Waals surface area contributed by atoms with Crippen LogP contribution >= 0.6 is 11.6 Å². The molecule has 0 N–H and O–H groups in total. The van der Waals surface area contributed by atoms with Crippen molar-refractivity contribution in [1.82, 2.24) is 19.9 Å². The Kier molecular flexibility index (Phi) is 6.60. The second-order valence-electron chi connectivity index (χ2n) is 8.07. The molecule has 3 heterocycles. The lowest BCUT2D eigenvalue weighted by Crippen LogP contribution is -2.48. The fraction of sp³-hybridized carbons (Fsp3) is 0.391. The zero-order valence-electron chi connectivity index (χ0n) is 18.0. The van der Waals surface area contributed by atoms with Gasteiger partial charge in [-0.05, 0) is 57.4 Å². The minimum atomic E-state index is -0.329. The summed E-state index contributed by atoms with van der Waals surface area (Å²) in [5.41, 5.74) is 0.746. The van der Waals surface area contributed by atoms with Gasteiger partial charge in [0.2, 0.25) is 17.6 Å². The molecule has 1 unspecified atom stereocenters. The van der Waals surface area contributed by atoms with E-state index >= 15 is 0 Å². The van der Waals surface area contributed by atoms with Gasteiger partial charge in [-0.15, -0.1) is 0 Å².